The molecular weight excluding hydrogens is 847 g/mol. The molecule has 9 aromatic carbocycles. The van der Waals surface area contributed by atoms with Crippen LogP contribution in [0.1, 0.15) is 0 Å². The van der Waals surface area contributed by atoms with E-state index in [0.29, 0.717) is 0 Å². The zero-order chi connectivity index (χ0) is 43.9. The summed E-state index contributed by atoms with van der Waals surface area (Å²) in [7, 11) is -3.95. The van der Waals surface area contributed by atoms with Gasteiger partial charge in [0.15, 0.2) is 0 Å². The summed E-state index contributed by atoms with van der Waals surface area (Å²) in [5, 5.41) is 5.33. The number of ether oxygens (including phenoxy) is 3. The number of anilines is 3. The van der Waals surface area contributed by atoms with Gasteiger partial charge in [-0.1, -0.05) is 171 Å². The lowest BCUT2D eigenvalue weighted by molar-refractivity contribution is 0.456. The molecule has 12 rings (SSSR count). The fourth-order valence-corrected chi connectivity index (χ4v) is 16.6. The Labute approximate surface area is 386 Å². The molecule has 0 atom stereocenters. The van der Waals surface area contributed by atoms with Gasteiger partial charge in [-0.05, 0) is 104 Å². The molecule has 0 bridgehead atoms. The van der Waals surface area contributed by atoms with E-state index < -0.39 is 16.1 Å². The van der Waals surface area contributed by atoms with Crippen molar-refractivity contribution in [3.05, 3.63) is 200 Å². The molecule has 3 aliphatic rings. The smallest absolute Gasteiger partial charge is 0.149 e. The molecule has 0 saturated carbocycles. The van der Waals surface area contributed by atoms with Crippen molar-refractivity contribution in [2.24, 2.45) is 0 Å². The fraction of sp³-hybridized carbons (Fsp3) is 0.0690. The molecule has 0 amide bonds. The van der Waals surface area contributed by atoms with Crippen molar-refractivity contribution in [1.82, 2.24) is 0 Å². The summed E-state index contributed by atoms with van der Waals surface area (Å²) in [6.45, 7) is 9.69. The van der Waals surface area contributed by atoms with Gasteiger partial charge in [-0.3, -0.25) is 0 Å². The molecule has 0 aliphatic carbocycles. The Hall–Kier alpha value is -7.04. The Morgan fingerprint density at radius 1 is 0.323 bits per heavy atom. The summed E-state index contributed by atoms with van der Waals surface area (Å²) in [5.74, 6) is 5.70. The number of hydrogen-bond donors (Lipinski definition) is 0. The number of para-hydroxylation sites is 6. The van der Waals surface area contributed by atoms with Crippen LogP contribution in [0, 0.1) is 0 Å². The normalized spacial score (nSPS) is 14.4. The van der Waals surface area contributed by atoms with E-state index in [9.17, 15) is 0 Å². The molecule has 0 aromatic heterocycles. The lowest BCUT2D eigenvalue weighted by Crippen LogP contribution is -2.56. The number of hydrogen-bond acceptors (Lipinski definition) is 5. The van der Waals surface area contributed by atoms with E-state index in [1.807, 2.05) is 12.1 Å². The van der Waals surface area contributed by atoms with E-state index >= 15 is 0 Å². The highest BCUT2D eigenvalue weighted by Gasteiger charge is 2.38. The van der Waals surface area contributed by atoms with Crippen LogP contribution in [0.15, 0.2) is 210 Å². The summed E-state index contributed by atoms with van der Waals surface area (Å²) in [4.78, 5) is 4.59. The second-order valence-corrected chi connectivity index (χ2v) is 27.8. The minimum atomic E-state index is -1.98. The second-order valence-electron chi connectivity index (χ2n) is 18.1. The van der Waals surface area contributed by atoms with Crippen LogP contribution in [0.2, 0.25) is 26.2 Å². The molecule has 4 nitrogen and oxygen atoms in total. The summed E-state index contributed by atoms with van der Waals surface area (Å²) in [6, 6.07) is 71.8. The molecule has 0 saturated heterocycles. The van der Waals surface area contributed by atoms with Gasteiger partial charge in [-0.15, -0.1) is 0 Å². The lowest BCUT2D eigenvalue weighted by atomic mass is 10.0. The first-order chi connectivity index (χ1) is 31.7. The Bertz CT molecular complexity index is 3180. The molecule has 314 valence electrons. The molecular formula is C58H45NO3SSi2. The van der Waals surface area contributed by atoms with Crippen LogP contribution < -0.4 is 39.9 Å². The third kappa shape index (κ3) is 6.56. The largest absolute Gasteiger partial charge is 0.457 e. The molecule has 3 heterocycles. The summed E-state index contributed by atoms with van der Waals surface area (Å²) < 4.78 is 20.0. The summed E-state index contributed by atoms with van der Waals surface area (Å²) >= 11 is 1.76. The Morgan fingerprint density at radius 3 is 1.15 bits per heavy atom. The highest BCUT2D eigenvalue weighted by molar-refractivity contribution is 7.99. The van der Waals surface area contributed by atoms with E-state index in [-0.39, 0.29) is 0 Å². The number of benzene rings is 9. The third-order valence-electron chi connectivity index (χ3n) is 13.5. The van der Waals surface area contributed by atoms with Crippen molar-refractivity contribution < 1.29 is 14.2 Å². The number of nitrogens with zero attached hydrogens (tertiary/aromatic N) is 1. The van der Waals surface area contributed by atoms with Crippen LogP contribution >= 0.6 is 11.8 Å². The molecule has 7 heteroatoms. The van der Waals surface area contributed by atoms with Crippen molar-refractivity contribution in [1.29, 1.82) is 0 Å². The Morgan fingerprint density at radius 2 is 0.677 bits per heavy atom. The van der Waals surface area contributed by atoms with Gasteiger partial charge in [0.25, 0.3) is 0 Å². The predicted molar refractivity (Wildman–Crippen MR) is 275 cm³/mol. The number of rotatable bonds is 6. The first kappa shape index (κ1) is 39.5. The average Bonchev–Trinajstić information content (AvgIpc) is 3.34. The standard InChI is InChI=1S/C58H45NO3SSi2/c1-64(2)52-22-9-6-18-48(52)61-57-45(15-12-24-54(57)64)39-28-34-42(35-29-39)59(41-32-26-38(27-33-41)44-14-11-21-51-56(44)60-47-17-5-8-20-50(47)63-51)43-36-30-40(31-37-43)46-16-13-25-55-58(46)62-49-19-7-10-23-53(49)65(55,3)4/h5-37H,1-4H3. The Balaban J connectivity index is 0.927. The van der Waals surface area contributed by atoms with E-state index in [4.69, 9.17) is 14.2 Å². The third-order valence-corrected chi connectivity index (χ3v) is 21.6. The van der Waals surface area contributed by atoms with Crippen molar-refractivity contribution in [2.75, 3.05) is 4.90 Å². The van der Waals surface area contributed by atoms with Crippen LogP contribution in [0.5, 0.6) is 34.5 Å². The second kappa shape index (κ2) is 15.3. The zero-order valence-electron chi connectivity index (χ0n) is 36.6. The molecule has 3 aliphatic heterocycles. The number of fused-ring (bicyclic) bond motifs is 6. The van der Waals surface area contributed by atoms with E-state index in [2.05, 4.69) is 219 Å². The van der Waals surface area contributed by atoms with Gasteiger partial charge in [-0.2, -0.15) is 0 Å². The van der Waals surface area contributed by atoms with E-state index in [0.717, 1.165) is 94.7 Å². The van der Waals surface area contributed by atoms with Crippen LogP contribution in [-0.4, -0.2) is 16.1 Å². The molecule has 0 N–H and O–H groups in total. The maximum atomic E-state index is 6.73. The quantitative estimate of drug-likeness (QED) is 0.155. The maximum Gasteiger partial charge on any atom is 0.149 e. The highest BCUT2D eigenvalue weighted by Crippen LogP contribution is 2.51. The van der Waals surface area contributed by atoms with Crippen molar-refractivity contribution >= 4 is 65.7 Å². The lowest BCUT2D eigenvalue weighted by Gasteiger charge is -2.34. The maximum absolute atomic E-state index is 6.73. The Kier molecular flexibility index (Phi) is 9.31. The minimum absolute atomic E-state index is 0.892. The van der Waals surface area contributed by atoms with E-state index in [1.54, 1.807) is 11.8 Å². The van der Waals surface area contributed by atoms with Crippen LogP contribution in [0.3, 0.4) is 0 Å². The van der Waals surface area contributed by atoms with Crippen molar-refractivity contribution in [2.45, 2.75) is 36.0 Å². The van der Waals surface area contributed by atoms with Gasteiger partial charge >= 0.3 is 0 Å². The van der Waals surface area contributed by atoms with Gasteiger partial charge in [0.1, 0.15) is 50.6 Å². The highest BCUT2D eigenvalue weighted by atomic mass is 32.2. The van der Waals surface area contributed by atoms with Crippen molar-refractivity contribution in [3.63, 3.8) is 0 Å². The van der Waals surface area contributed by atoms with Gasteiger partial charge < -0.3 is 19.1 Å². The topological polar surface area (TPSA) is 30.9 Å². The molecule has 0 fully saturated rings. The van der Waals surface area contributed by atoms with Crippen LogP contribution in [0.4, 0.5) is 17.1 Å². The summed E-state index contributed by atoms with van der Waals surface area (Å²) in [6.07, 6.45) is 0. The van der Waals surface area contributed by atoms with Gasteiger partial charge in [0.2, 0.25) is 0 Å². The van der Waals surface area contributed by atoms with Gasteiger partial charge in [0.05, 0.1) is 9.79 Å². The monoisotopic (exact) mass is 891 g/mol. The first-order valence-corrected chi connectivity index (χ1v) is 29.0. The van der Waals surface area contributed by atoms with Crippen molar-refractivity contribution in [3.8, 4) is 67.9 Å². The SMILES string of the molecule is C[Si]1(C)c2ccccc2Oc2c(-c3ccc(N(c4ccc(-c5cccc6c5Oc5ccccc5S6)cc4)c4ccc(-c5cccc6c5Oc5ccccc5[Si]6(C)C)cc4)cc3)cccc21. The van der Waals surface area contributed by atoms with Gasteiger partial charge in [-0.25, -0.2) is 0 Å². The molecule has 0 spiro atoms. The van der Waals surface area contributed by atoms with Crippen LogP contribution in [0.25, 0.3) is 33.4 Å². The molecule has 0 unspecified atom stereocenters. The fourth-order valence-electron chi connectivity index (χ4n) is 9.98. The van der Waals surface area contributed by atoms with E-state index in [1.165, 1.54) is 20.7 Å². The van der Waals surface area contributed by atoms with Crippen LogP contribution in [-0.2, 0) is 0 Å². The average molecular weight is 892 g/mol. The molecule has 9 aromatic rings. The molecule has 65 heavy (non-hydrogen) atoms. The molecule has 0 radical (unpaired) electrons. The zero-order valence-corrected chi connectivity index (χ0v) is 39.4. The first-order valence-electron chi connectivity index (χ1n) is 22.2. The summed E-state index contributed by atoms with van der Waals surface area (Å²) in [5.41, 5.74) is 9.79. The van der Waals surface area contributed by atoms with Gasteiger partial charge in [0, 0.05) is 33.8 Å². The predicted octanol–water partition coefficient (Wildman–Crippen LogP) is 14.3. The minimum Gasteiger partial charge on any atom is -0.457 e.